The van der Waals surface area contributed by atoms with E-state index in [1.165, 1.54) is 212 Å². The Bertz CT molecular complexity index is 1040. The molecule has 1 amide bonds. The molecule has 0 spiro atoms. The fourth-order valence-corrected chi connectivity index (χ4v) is 8.57. The maximum atomic E-state index is 12.4. The zero-order chi connectivity index (χ0) is 46.5. The van der Waals surface area contributed by atoms with Crippen LogP contribution in [0.1, 0.15) is 296 Å². The van der Waals surface area contributed by atoms with Gasteiger partial charge in [-0.3, -0.25) is 9.59 Å². The standard InChI is InChI=1S/C58H109NO5/c1-3-5-7-9-11-13-15-17-19-21-22-24-28-32-36-40-44-48-52-58(63)64-53-49-45-41-37-33-29-25-27-31-35-39-43-47-51-57(62)59-55(54-60)56(61)50-46-42-38-34-30-26-23-20-18-16-14-12-10-8-6-4-2/h27,31,39,43,46,50,55-56,60-61H,3-26,28-30,32-38,40-42,44-45,47-49,51-54H2,1-2H3,(H,59,62)/b31-27-,43-39-,50-46+. The zero-order valence-corrected chi connectivity index (χ0v) is 42.8. The maximum Gasteiger partial charge on any atom is 0.305 e. The molecule has 6 nitrogen and oxygen atoms in total. The molecule has 376 valence electrons. The van der Waals surface area contributed by atoms with Gasteiger partial charge in [0.25, 0.3) is 0 Å². The SMILES string of the molecule is CCCCCCCCCCCCCCCC/C=C/C(O)C(CO)NC(=O)CC/C=C\C/C=C\CCCCCCCCOC(=O)CCCCCCCCCCCCCCCCCCCC. The predicted molar refractivity (Wildman–Crippen MR) is 278 cm³/mol. The lowest BCUT2D eigenvalue weighted by molar-refractivity contribution is -0.143. The molecule has 2 unspecified atom stereocenters. The molecule has 64 heavy (non-hydrogen) atoms. The first-order valence-electron chi connectivity index (χ1n) is 28.3. The van der Waals surface area contributed by atoms with Gasteiger partial charge < -0.3 is 20.3 Å². The number of unbranched alkanes of at least 4 members (excludes halogenated alkanes) is 37. The monoisotopic (exact) mass is 900 g/mol. The third-order valence-electron chi connectivity index (χ3n) is 12.9. The lowest BCUT2D eigenvalue weighted by Gasteiger charge is -2.19. The van der Waals surface area contributed by atoms with Crippen LogP contribution in [0.5, 0.6) is 0 Å². The fraction of sp³-hybridized carbons (Fsp3) is 0.862. The Labute approximate surface area is 398 Å². The quantitative estimate of drug-likeness (QED) is 0.0321. The molecule has 0 fully saturated rings. The van der Waals surface area contributed by atoms with E-state index in [-0.39, 0.29) is 18.5 Å². The number of nitrogens with one attached hydrogen (secondary N) is 1. The van der Waals surface area contributed by atoms with Gasteiger partial charge >= 0.3 is 5.97 Å². The van der Waals surface area contributed by atoms with Crippen molar-refractivity contribution in [3.8, 4) is 0 Å². The third-order valence-corrected chi connectivity index (χ3v) is 12.9. The van der Waals surface area contributed by atoms with Crippen LogP contribution < -0.4 is 5.32 Å². The summed E-state index contributed by atoms with van der Waals surface area (Å²) in [5.41, 5.74) is 0. The molecule has 0 aliphatic carbocycles. The number of ether oxygens (including phenoxy) is 1. The van der Waals surface area contributed by atoms with E-state index in [4.69, 9.17) is 4.74 Å². The smallest absolute Gasteiger partial charge is 0.305 e. The topological polar surface area (TPSA) is 95.9 Å². The highest BCUT2D eigenvalue weighted by Crippen LogP contribution is 2.16. The number of aliphatic hydroxyl groups excluding tert-OH is 2. The van der Waals surface area contributed by atoms with Crippen molar-refractivity contribution < 1.29 is 24.5 Å². The van der Waals surface area contributed by atoms with Gasteiger partial charge in [0, 0.05) is 12.8 Å². The Morgan fingerprint density at radius 1 is 0.438 bits per heavy atom. The normalized spacial score (nSPS) is 12.9. The molecule has 0 saturated carbocycles. The molecule has 0 aromatic rings. The Hall–Kier alpha value is -1.92. The van der Waals surface area contributed by atoms with Gasteiger partial charge in [0.05, 0.1) is 25.4 Å². The van der Waals surface area contributed by atoms with Crippen LogP contribution in [0, 0.1) is 0 Å². The van der Waals surface area contributed by atoms with Crippen molar-refractivity contribution in [1.29, 1.82) is 0 Å². The number of allylic oxidation sites excluding steroid dienone is 5. The predicted octanol–water partition coefficient (Wildman–Crippen LogP) is 17.2. The first-order chi connectivity index (χ1) is 31.5. The number of hydrogen-bond acceptors (Lipinski definition) is 5. The van der Waals surface area contributed by atoms with Crippen molar-refractivity contribution >= 4 is 11.9 Å². The van der Waals surface area contributed by atoms with Gasteiger partial charge in [-0.15, -0.1) is 0 Å². The molecule has 0 aliphatic heterocycles. The van der Waals surface area contributed by atoms with Crippen LogP contribution >= 0.6 is 0 Å². The minimum atomic E-state index is -0.879. The summed E-state index contributed by atoms with van der Waals surface area (Å²) in [7, 11) is 0. The molecule has 0 heterocycles. The van der Waals surface area contributed by atoms with Crippen LogP contribution in [0.25, 0.3) is 0 Å². The van der Waals surface area contributed by atoms with Gasteiger partial charge in [-0.25, -0.2) is 0 Å². The fourth-order valence-electron chi connectivity index (χ4n) is 8.57. The van der Waals surface area contributed by atoms with E-state index in [0.29, 0.717) is 25.9 Å². The second kappa shape index (κ2) is 53.7. The van der Waals surface area contributed by atoms with Crippen LogP contribution in [0.2, 0.25) is 0 Å². The summed E-state index contributed by atoms with van der Waals surface area (Å²) in [6, 6.07) is -0.672. The highest BCUT2D eigenvalue weighted by molar-refractivity contribution is 5.76. The summed E-state index contributed by atoms with van der Waals surface area (Å²) in [6.45, 7) is 4.85. The van der Waals surface area contributed by atoms with E-state index in [0.717, 1.165) is 51.4 Å². The number of aliphatic hydroxyl groups is 2. The molecule has 3 N–H and O–H groups in total. The highest BCUT2D eigenvalue weighted by atomic mass is 16.5. The van der Waals surface area contributed by atoms with Crippen molar-refractivity contribution in [1.82, 2.24) is 5.32 Å². The molecule has 0 radical (unpaired) electrons. The van der Waals surface area contributed by atoms with Crippen LogP contribution in [0.4, 0.5) is 0 Å². The molecule has 2 atom stereocenters. The average Bonchev–Trinajstić information content (AvgIpc) is 3.29. The van der Waals surface area contributed by atoms with Crippen molar-refractivity contribution in [3.05, 3.63) is 36.5 Å². The number of amides is 1. The minimum absolute atomic E-state index is 0.0143. The molecular weight excluding hydrogens is 791 g/mol. The summed E-state index contributed by atoms with van der Waals surface area (Å²) in [4.78, 5) is 24.5. The van der Waals surface area contributed by atoms with E-state index in [2.05, 4.69) is 37.4 Å². The number of carbonyl (C=O) groups excluding carboxylic acids is 2. The number of rotatable bonds is 52. The maximum absolute atomic E-state index is 12.4. The van der Waals surface area contributed by atoms with Crippen molar-refractivity contribution in [2.24, 2.45) is 0 Å². The zero-order valence-electron chi connectivity index (χ0n) is 42.8. The summed E-state index contributed by atoms with van der Waals surface area (Å²) < 4.78 is 5.47. The lowest BCUT2D eigenvalue weighted by atomic mass is 10.0. The Kier molecular flexibility index (Phi) is 52.1. The summed E-state index contributed by atoms with van der Waals surface area (Å²) in [6.07, 6.45) is 66.0. The first kappa shape index (κ1) is 62.1. The Morgan fingerprint density at radius 3 is 1.22 bits per heavy atom. The second-order valence-electron chi connectivity index (χ2n) is 19.3. The Morgan fingerprint density at radius 2 is 0.797 bits per heavy atom. The van der Waals surface area contributed by atoms with Crippen LogP contribution in [-0.2, 0) is 14.3 Å². The second-order valence-corrected chi connectivity index (χ2v) is 19.3. The van der Waals surface area contributed by atoms with Crippen molar-refractivity contribution in [2.45, 2.75) is 309 Å². The average molecular weight is 901 g/mol. The molecule has 0 bridgehead atoms. The molecule has 0 rings (SSSR count). The molecule has 6 heteroatoms. The van der Waals surface area contributed by atoms with Crippen LogP contribution in [-0.4, -0.2) is 47.4 Å². The largest absolute Gasteiger partial charge is 0.466 e. The van der Waals surface area contributed by atoms with Crippen molar-refractivity contribution in [3.63, 3.8) is 0 Å². The highest BCUT2D eigenvalue weighted by Gasteiger charge is 2.17. The lowest BCUT2D eigenvalue weighted by Crippen LogP contribution is -2.45. The third kappa shape index (κ3) is 49.5. The molecule has 0 aromatic carbocycles. The summed E-state index contributed by atoms with van der Waals surface area (Å²) >= 11 is 0. The van der Waals surface area contributed by atoms with Gasteiger partial charge in [-0.1, -0.05) is 269 Å². The summed E-state index contributed by atoms with van der Waals surface area (Å²) in [5.74, 6) is -0.162. The molecule has 0 aromatic heterocycles. The van der Waals surface area contributed by atoms with Crippen LogP contribution in [0.15, 0.2) is 36.5 Å². The minimum Gasteiger partial charge on any atom is -0.466 e. The molecule has 0 aliphatic rings. The van der Waals surface area contributed by atoms with Gasteiger partial charge in [0.2, 0.25) is 5.91 Å². The van der Waals surface area contributed by atoms with E-state index in [1.807, 2.05) is 12.2 Å². The number of esters is 1. The van der Waals surface area contributed by atoms with Gasteiger partial charge in [-0.05, 0) is 51.4 Å². The summed E-state index contributed by atoms with van der Waals surface area (Å²) in [5, 5.41) is 23.0. The van der Waals surface area contributed by atoms with E-state index >= 15 is 0 Å². The van der Waals surface area contributed by atoms with Gasteiger partial charge in [0.15, 0.2) is 0 Å². The Balaban J connectivity index is 3.54. The molecule has 0 saturated heterocycles. The molecular formula is C58H109NO5. The van der Waals surface area contributed by atoms with Gasteiger partial charge in [0.1, 0.15) is 0 Å². The van der Waals surface area contributed by atoms with Gasteiger partial charge in [-0.2, -0.15) is 0 Å². The number of carbonyl (C=O) groups is 2. The van der Waals surface area contributed by atoms with E-state index in [1.54, 1.807) is 6.08 Å². The van der Waals surface area contributed by atoms with Crippen LogP contribution in [0.3, 0.4) is 0 Å². The van der Waals surface area contributed by atoms with E-state index in [9.17, 15) is 19.8 Å². The van der Waals surface area contributed by atoms with E-state index < -0.39 is 12.1 Å². The first-order valence-corrected chi connectivity index (χ1v) is 28.3. The van der Waals surface area contributed by atoms with Crippen molar-refractivity contribution in [2.75, 3.05) is 13.2 Å². The number of hydrogen-bond donors (Lipinski definition) is 3.